The molecule has 0 radical (unpaired) electrons. The van der Waals surface area contributed by atoms with Gasteiger partial charge in [-0.15, -0.1) is 0 Å². The Labute approximate surface area is 97.2 Å². The molecule has 0 bridgehead atoms. The lowest BCUT2D eigenvalue weighted by Gasteiger charge is -2.29. The van der Waals surface area contributed by atoms with Crippen molar-refractivity contribution >= 4 is 11.4 Å². The number of aryl methyl sites for hydroxylation is 1. The number of hydrogen-bond acceptors (Lipinski definition) is 3. The van der Waals surface area contributed by atoms with Crippen molar-refractivity contribution in [1.29, 1.82) is 0 Å². The fourth-order valence-electron chi connectivity index (χ4n) is 2.10. The van der Waals surface area contributed by atoms with E-state index >= 15 is 0 Å². The SMILES string of the molecule is CCCc1cc(N2CCOCC2)ccc1N. The predicted molar refractivity (Wildman–Crippen MR) is 67.9 cm³/mol. The molecule has 2 rings (SSSR count). The molecule has 1 aromatic carbocycles. The molecule has 0 aromatic heterocycles. The molecule has 0 atom stereocenters. The van der Waals surface area contributed by atoms with Crippen LogP contribution in [0.2, 0.25) is 0 Å². The highest BCUT2D eigenvalue weighted by atomic mass is 16.5. The van der Waals surface area contributed by atoms with Crippen molar-refractivity contribution in [3.8, 4) is 0 Å². The Morgan fingerprint density at radius 3 is 2.75 bits per heavy atom. The van der Waals surface area contributed by atoms with Crippen LogP contribution in [-0.2, 0) is 11.2 Å². The number of rotatable bonds is 3. The highest BCUT2D eigenvalue weighted by Crippen LogP contribution is 2.23. The molecule has 0 aliphatic carbocycles. The van der Waals surface area contributed by atoms with E-state index in [0.717, 1.165) is 44.8 Å². The zero-order valence-electron chi connectivity index (χ0n) is 9.91. The van der Waals surface area contributed by atoms with E-state index in [2.05, 4.69) is 24.0 Å². The van der Waals surface area contributed by atoms with Crippen molar-refractivity contribution in [3.63, 3.8) is 0 Å². The summed E-state index contributed by atoms with van der Waals surface area (Å²) in [6.07, 6.45) is 2.20. The smallest absolute Gasteiger partial charge is 0.0642 e. The van der Waals surface area contributed by atoms with Gasteiger partial charge in [-0.05, 0) is 30.2 Å². The summed E-state index contributed by atoms with van der Waals surface area (Å²) in [7, 11) is 0. The molecule has 1 saturated heterocycles. The van der Waals surface area contributed by atoms with Crippen LogP contribution in [0.1, 0.15) is 18.9 Å². The van der Waals surface area contributed by atoms with E-state index in [4.69, 9.17) is 10.5 Å². The molecule has 16 heavy (non-hydrogen) atoms. The highest BCUT2D eigenvalue weighted by Gasteiger charge is 2.12. The molecule has 3 nitrogen and oxygen atoms in total. The van der Waals surface area contributed by atoms with Gasteiger partial charge in [0.15, 0.2) is 0 Å². The Morgan fingerprint density at radius 1 is 1.31 bits per heavy atom. The minimum Gasteiger partial charge on any atom is -0.399 e. The summed E-state index contributed by atoms with van der Waals surface area (Å²) in [5.41, 5.74) is 9.43. The van der Waals surface area contributed by atoms with E-state index in [1.54, 1.807) is 0 Å². The Kier molecular flexibility index (Phi) is 3.67. The molecule has 2 N–H and O–H groups in total. The van der Waals surface area contributed by atoms with Gasteiger partial charge in [-0.1, -0.05) is 13.3 Å². The summed E-state index contributed by atoms with van der Waals surface area (Å²) < 4.78 is 5.36. The second kappa shape index (κ2) is 5.21. The Hall–Kier alpha value is -1.22. The monoisotopic (exact) mass is 220 g/mol. The zero-order chi connectivity index (χ0) is 11.4. The Balaban J connectivity index is 2.17. The number of nitrogens with zero attached hydrogens (tertiary/aromatic N) is 1. The maximum atomic E-state index is 5.96. The largest absolute Gasteiger partial charge is 0.399 e. The molecule has 0 spiro atoms. The molecule has 0 saturated carbocycles. The third-order valence-corrected chi connectivity index (χ3v) is 3.02. The summed E-state index contributed by atoms with van der Waals surface area (Å²) in [6.45, 7) is 5.80. The van der Waals surface area contributed by atoms with Gasteiger partial charge in [0.25, 0.3) is 0 Å². The molecule has 1 fully saturated rings. The Morgan fingerprint density at radius 2 is 2.06 bits per heavy atom. The highest BCUT2D eigenvalue weighted by molar-refractivity contribution is 5.58. The minimum atomic E-state index is 0.827. The van der Waals surface area contributed by atoms with E-state index in [1.165, 1.54) is 11.3 Å². The Bertz CT molecular complexity index is 346. The quantitative estimate of drug-likeness (QED) is 0.792. The first-order chi connectivity index (χ1) is 7.81. The van der Waals surface area contributed by atoms with Gasteiger partial charge in [-0.3, -0.25) is 0 Å². The summed E-state index contributed by atoms with van der Waals surface area (Å²) in [4.78, 5) is 2.36. The second-order valence-electron chi connectivity index (χ2n) is 4.23. The van der Waals surface area contributed by atoms with Crippen LogP contribution in [-0.4, -0.2) is 26.3 Å². The van der Waals surface area contributed by atoms with E-state index < -0.39 is 0 Å². The molecule has 88 valence electrons. The molecular formula is C13H20N2O. The van der Waals surface area contributed by atoms with Gasteiger partial charge >= 0.3 is 0 Å². The number of nitrogen functional groups attached to an aromatic ring is 1. The second-order valence-corrected chi connectivity index (χ2v) is 4.23. The number of benzene rings is 1. The molecule has 1 aromatic rings. The predicted octanol–water partition coefficient (Wildman–Crippen LogP) is 2.06. The van der Waals surface area contributed by atoms with Crippen molar-refractivity contribution in [2.45, 2.75) is 19.8 Å². The van der Waals surface area contributed by atoms with Crippen LogP contribution >= 0.6 is 0 Å². The molecule has 0 amide bonds. The topological polar surface area (TPSA) is 38.5 Å². The molecule has 3 heteroatoms. The fourth-order valence-corrected chi connectivity index (χ4v) is 2.10. The van der Waals surface area contributed by atoms with Crippen molar-refractivity contribution in [2.75, 3.05) is 36.9 Å². The first kappa shape index (κ1) is 11.3. The molecule has 1 aliphatic heterocycles. The first-order valence-electron chi connectivity index (χ1n) is 6.02. The fraction of sp³-hybridized carbons (Fsp3) is 0.538. The van der Waals surface area contributed by atoms with Crippen LogP contribution < -0.4 is 10.6 Å². The summed E-state index contributed by atoms with van der Waals surface area (Å²) in [5.74, 6) is 0. The summed E-state index contributed by atoms with van der Waals surface area (Å²) >= 11 is 0. The third kappa shape index (κ3) is 2.47. The lowest BCUT2D eigenvalue weighted by Crippen LogP contribution is -2.36. The first-order valence-corrected chi connectivity index (χ1v) is 6.02. The maximum Gasteiger partial charge on any atom is 0.0642 e. The van der Waals surface area contributed by atoms with Gasteiger partial charge in [-0.2, -0.15) is 0 Å². The molecule has 1 heterocycles. The van der Waals surface area contributed by atoms with Gasteiger partial charge in [0.2, 0.25) is 0 Å². The van der Waals surface area contributed by atoms with Crippen LogP contribution in [0.3, 0.4) is 0 Å². The lowest BCUT2D eigenvalue weighted by molar-refractivity contribution is 0.122. The van der Waals surface area contributed by atoms with Crippen LogP contribution in [0.5, 0.6) is 0 Å². The molecular weight excluding hydrogens is 200 g/mol. The zero-order valence-corrected chi connectivity index (χ0v) is 9.91. The summed E-state index contributed by atoms with van der Waals surface area (Å²) in [5, 5.41) is 0. The van der Waals surface area contributed by atoms with E-state index in [0.29, 0.717) is 0 Å². The van der Waals surface area contributed by atoms with E-state index in [1.807, 2.05) is 6.07 Å². The van der Waals surface area contributed by atoms with Gasteiger partial charge < -0.3 is 15.4 Å². The summed E-state index contributed by atoms with van der Waals surface area (Å²) in [6, 6.07) is 6.36. The molecule has 1 aliphatic rings. The van der Waals surface area contributed by atoms with Crippen LogP contribution in [0.25, 0.3) is 0 Å². The van der Waals surface area contributed by atoms with Gasteiger partial charge in [0.1, 0.15) is 0 Å². The minimum absolute atomic E-state index is 0.827. The van der Waals surface area contributed by atoms with E-state index in [-0.39, 0.29) is 0 Å². The van der Waals surface area contributed by atoms with Crippen molar-refractivity contribution in [2.24, 2.45) is 0 Å². The average molecular weight is 220 g/mol. The normalized spacial score (nSPS) is 16.4. The third-order valence-electron chi connectivity index (χ3n) is 3.02. The van der Waals surface area contributed by atoms with Gasteiger partial charge in [0.05, 0.1) is 13.2 Å². The van der Waals surface area contributed by atoms with Crippen LogP contribution in [0.15, 0.2) is 18.2 Å². The van der Waals surface area contributed by atoms with E-state index in [9.17, 15) is 0 Å². The van der Waals surface area contributed by atoms with Crippen molar-refractivity contribution < 1.29 is 4.74 Å². The van der Waals surface area contributed by atoms with Gasteiger partial charge in [0, 0.05) is 24.5 Å². The van der Waals surface area contributed by atoms with Crippen LogP contribution in [0, 0.1) is 0 Å². The van der Waals surface area contributed by atoms with Crippen molar-refractivity contribution in [3.05, 3.63) is 23.8 Å². The van der Waals surface area contributed by atoms with Gasteiger partial charge in [-0.25, -0.2) is 0 Å². The lowest BCUT2D eigenvalue weighted by atomic mass is 10.1. The standard InChI is InChI=1S/C13H20N2O/c1-2-3-11-10-12(4-5-13(11)14)15-6-8-16-9-7-15/h4-5,10H,2-3,6-9,14H2,1H3. The van der Waals surface area contributed by atoms with Crippen molar-refractivity contribution in [1.82, 2.24) is 0 Å². The average Bonchev–Trinajstić information content (AvgIpc) is 2.33. The number of ether oxygens (including phenoxy) is 1. The number of hydrogen-bond donors (Lipinski definition) is 1. The maximum absolute atomic E-state index is 5.96. The van der Waals surface area contributed by atoms with Crippen LogP contribution in [0.4, 0.5) is 11.4 Å². The number of morpholine rings is 1. The number of anilines is 2. The molecule has 0 unspecified atom stereocenters. The number of nitrogens with two attached hydrogens (primary N) is 1.